The number of amides is 1. The second kappa shape index (κ2) is 8.48. The van der Waals surface area contributed by atoms with Crippen LogP contribution in [0.15, 0.2) is 28.9 Å². The quantitative estimate of drug-likeness (QED) is 0.524. The van der Waals surface area contributed by atoms with Crippen molar-refractivity contribution in [1.82, 2.24) is 19.9 Å². The van der Waals surface area contributed by atoms with E-state index in [0.29, 0.717) is 28.9 Å². The van der Waals surface area contributed by atoms with E-state index >= 15 is 0 Å². The van der Waals surface area contributed by atoms with Gasteiger partial charge in [-0.3, -0.25) is 4.79 Å². The smallest absolute Gasteiger partial charge is 0.303 e. The molecular formula is C21H22F2N6O3. The molecule has 0 unspecified atom stereocenters. The van der Waals surface area contributed by atoms with Crippen LogP contribution in [0.2, 0.25) is 0 Å². The molecule has 1 aliphatic rings. The number of oxazole rings is 1. The fourth-order valence-corrected chi connectivity index (χ4v) is 2.96. The number of alkyl halides is 2. The number of aromatic nitrogens is 4. The molecule has 32 heavy (non-hydrogen) atoms. The Balaban J connectivity index is 1.59. The second-order valence-electron chi connectivity index (χ2n) is 7.70. The van der Waals surface area contributed by atoms with E-state index in [1.807, 2.05) is 0 Å². The number of carbonyl (C=O) groups is 1. The van der Waals surface area contributed by atoms with Gasteiger partial charge in [0, 0.05) is 37.6 Å². The normalized spacial score (nSPS) is 13.7. The first-order valence-corrected chi connectivity index (χ1v) is 10.0. The third-order valence-corrected chi connectivity index (χ3v) is 4.58. The molecule has 3 aromatic rings. The average molecular weight is 444 g/mol. The minimum absolute atomic E-state index is 0.0453. The second-order valence-corrected chi connectivity index (χ2v) is 7.70. The average Bonchev–Trinajstić information content (AvgIpc) is 3.44. The number of pyridine rings is 1. The highest BCUT2D eigenvalue weighted by molar-refractivity contribution is 5.88. The summed E-state index contributed by atoms with van der Waals surface area (Å²) in [6.07, 6.45) is 5.29. The van der Waals surface area contributed by atoms with Crippen molar-refractivity contribution in [1.29, 1.82) is 0 Å². The standard InChI is InChI=1S/C21H22F2N6O3/c1-11-6-18(29-20(26-11)21(3,22)23)28-14-7-17(27-12(2)30)24-9-16(14)31-10-19-25-8-15(32-19)13-4-5-13/h6-9,13H,4-5,10H2,1-3H3,(H2,24,26,27,28,29,30). The highest BCUT2D eigenvalue weighted by Gasteiger charge is 2.29. The first-order chi connectivity index (χ1) is 15.2. The van der Waals surface area contributed by atoms with Crippen LogP contribution in [0.5, 0.6) is 5.75 Å². The number of aryl methyl sites for hydroxylation is 1. The van der Waals surface area contributed by atoms with Gasteiger partial charge in [-0.05, 0) is 19.8 Å². The molecule has 0 aromatic carbocycles. The number of rotatable bonds is 8. The Bertz CT molecular complexity index is 1140. The van der Waals surface area contributed by atoms with Crippen LogP contribution in [0.25, 0.3) is 0 Å². The summed E-state index contributed by atoms with van der Waals surface area (Å²) in [7, 11) is 0. The molecule has 0 aliphatic heterocycles. The van der Waals surface area contributed by atoms with E-state index in [9.17, 15) is 13.6 Å². The molecule has 4 rings (SSSR count). The predicted octanol–water partition coefficient (Wildman–Crippen LogP) is 4.44. The van der Waals surface area contributed by atoms with E-state index in [1.165, 1.54) is 25.3 Å². The predicted molar refractivity (Wildman–Crippen MR) is 111 cm³/mol. The van der Waals surface area contributed by atoms with Gasteiger partial charge in [-0.2, -0.15) is 8.78 Å². The molecule has 3 heterocycles. The number of hydrogen-bond donors (Lipinski definition) is 2. The van der Waals surface area contributed by atoms with Crippen molar-refractivity contribution in [2.45, 2.75) is 52.1 Å². The molecule has 0 radical (unpaired) electrons. The molecule has 0 spiro atoms. The molecule has 1 aliphatic carbocycles. The van der Waals surface area contributed by atoms with Gasteiger partial charge in [-0.25, -0.2) is 19.9 Å². The zero-order valence-corrected chi connectivity index (χ0v) is 17.8. The third kappa shape index (κ3) is 5.34. The van der Waals surface area contributed by atoms with Gasteiger partial charge >= 0.3 is 5.92 Å². The Kier molecular flexibility index (Phi) is 5.72. The van der Waals surface area contributed by atoms with Crippen LogP contribution in [0, 0.1) is 6.92 Å². The molecule has 9 nitrogen and oxygen atoms in total. The SMILES string of the molecule is CC(=O)Nc1cc(Nc2cc(C)nc(C(C)(F)F)n2)c(OCc2ncc(C3CC3)o2)cn1. The minimum Gasteiger partial charge on any atom is -0.480 e. The van der Waals surface area contributed by atoms with Crippen LogP contribution in [0.1, 0.15) is 55.8 Å². The van der Waals surface area contributed by atoms with Gasteiger partial charge < -0.3 is 19.8 Å². The number of halogens is 2. The van der Waals surface area contributed by atoms with E-state index in [2.05, 4.69) is 30.6 Å². The summed E-state index contributed by atoms with van der Waals surface area (Å²) in [5, 5.41) is 5.53. The molecule has 11 heteroatoms. The molecule has 2 N–H and O–H groups in total. The Labute approximate surface area is 182 Å². The van der Waals surface area contributed by atoms with Crippen LogP contribution in [0.3, 0.4) is 0 Å². The molecule has 1 fully saturated rings. The molecule has 0 bridgehead atoms. The highest BCUT2D eigenvalue weighted by Crippen LogP contribution is 2.40. The highest BCUT2D eigenvalue weighted by atomic mass is 19.3. The fourth-order valence-electron chi connectivity index (χ4n) is 2.96. The largest absolute Gasteiger partial charge is 0.480 e. The zero-order valence-electron chi connectivity index (χ0n) is 17.8. The van der Waals surface area contributed by atoms with Crippen LogP contribution in [-0.2, 0) is 17.3 Å². The summed E-state index contributed by atoms with van der Waals surface area (Å²) >= 11 is 0. The van der Waals surface area contributed by atoms with Gasteiger partial charge in [0.05, 0.1) is 18.1 Å². The summed E-state index contributed by atoms with van der Waals surface area (Å²) in [5.74, 6) is -1.74. The number of nitrogens with zero attached hydrogens (tertiary/aromatic N) is 4. The summed E-state index contributed by atoms with van der Waals surface area (Å²) in [6, 6.07) is 3.04. The Hall–Kier alpha value is -3.63. The van der Waals surface area contributed by atoms with E-state index in [0.717, 1.165) is 25.5 Å². The topological polar surface area (TPSA) is 115 Å². The van der Waals surface area contributed by atoms with Gasteiger partial charge in [0.2, 0.25) is 17.6 Å². The molecule has 1 amide bonds. The van der Waals surface area contributed by atoms with Crippen molar-refractivity contribution in [2.24, 2.45) is 0 Å². The maximum absolute atomic E-state index is 13.8. The summed E-state index contributed by atoms with van der Waals surface area (Å²) in [6.45, 7) is 3.72. The summed E-state index contributed by atoms with van der Waals surface area (Å²) in [5.41, 5.74) is 0.728. The maximum atomic E-state index is 13.8. The number of hydrogen-bond acceptors (Lipinski definition) is 8. The monoisotopic (exact) mass is 444 g/mol. The van der Waals surface area contributed by atoms with Crippen molar-refractivity contribution >= 4 is 23.2 Å². The minimum atomic E-state index is -3.20. The van der Waals surface area contributed by atoms with E-state index in [-0.39, 0.29) is 24.1 Å². The first-order valence-electron chi connectivity index (χ1n) is 10.0. The third-order valence-electron chi connectivity index (χ3n) is 4.58. The lowest BCUT2D eigenvalue weighted by Gasteiger charge is -2.15. The molecule has 168 valence electrons. The Morgan fingerprint density at radius 1 is 1.22 bits per heavy atom. The molecule has 3 aromatic heterocycles. The number of carbonyl (C=O) groups excluding carboxylic acids is 1. The van der Waals surface area contributed by atoms with Gasteiger partial charge in [0.1, 0.15) is 17.4 Å². The van der Waals surface area contributed by atoms with Crippen molar-refractivity contribution in [2.75, 3.05) is 10.6 Å². The van der Waals surface area contributed by atoms with Crippen molar-refractivity contribution < 1.29 is 22.7 Å². The van der Waals surface area contributed by atoms with Crippen molar-refractivity contribution in [3.8, 4) is 5.75 Å². The Morgan fingerprint density at radius 2 is 2.00 bits per heavy atom. The number of anilines is 3. The maximum Gasteiger partial charge on any atom is 0.303 e. The van der Waals surface area contributed by atoms with Gasteiger partial charge in [0.25, 0.3) is 0 Å². The van der Waals surface area contributed by atoms with E-state index < -0.39 is 11.7 Å². The zero-order chi connectivity index (χ0) is 22.9. The summed E-state index contributed by atoms with van der Waals surface area (Å²) < 4.78 is 39.0. The number of nitrogens with one attached hydrogen (secondary N) is 2. The van der Waals surface area contributed by atoms with Gasteiger partial charge in [-0.1, -0.05) is 0 Å². The van der Waals surface area contributed by atoms with E-state index in [1.54, 1.807) is 13.1 Å². The molecule has 0 saturated heterocycles. The Morgan fingerprint density at radius 3 is 2.69 bits per heavy atom. The van der Waals surface area contributed by atoms with E-state index in [4.69, 9.17) is 9.15 Å². The lowest BCUT2D eigenvalue weighted by Crippen LogP contribution is -2.14. The fraction of sp³-hybridized carbons (Fsp3) is 0.381. The summed E-state index contributed by atoms with van der Waals surface area (Å²) in [4.78, 5) is 27.5. The van der Waals surface area contributed by atoms with Gasteiger partial charge in [-0.15, -0.1) is 0 Å². The van der Waals surface area contributed by atoms with Crippen molar-refractivity contribution in [3.63, 3.8) is 0 Å². The molecular weight excluding hydrogens is 422 g/mol. The van der Waals surface area contributed by atoms with Crippen LogP contribution in [-0.4, -0.2) is 25.8 Å². The molecule has 1 saturated carbocycles. The van der Waals surface area contributed by atoms with Crippen LogP contribution < -0.4 is 15.4 Å². The first kappa shape index (κ1) is 21.6. The molecule has 0 atom stereocenters. The van der Waals surface area contributed by atoms with Gasteiger partial charge in [0.15, 0.2) is 12.4 Å². The lowest BCUT2D eigenvalue weighted by atomic mass is 10.3. The van der Waals surface area contributed by atoms with Crippen molar-refractivity contribution in [3.05, 3.63) is 47.7 Å². The van der Waals surface area contributed by atoms with Crippen LogP contribution in [0.4, 0.5) is 26.1 Å². The number of ether oxygens (including phenoxy) is 1. The van der Waals surface area contributed by atoms with Crippen LogP contribution >= 0.6 is 0 Å². The lowest BCUT2D eigenvalue weighted by molar-refractivity contribution is -0.114.